The molecule has 8 heteroatoms. The Morgan fingerprint density at radius 2 is 1.76 bits per heavy atom. The predicted octanol–water partition coefficient (Wildman–Crippen LogP) is 5.41. The lowest BCUT2D eigenvalue weighted by atomic mass is 9.87. The quantitative estimate of drug-likeness (QED) is 0.462. The smallest absolute Gasteiger partial charge is 0.242 e. The Balaban J connectivity index is 1.76. The first-order valence-electron chi connectivity index (χ1n) is 12.8. The zero-order valence-electron chi connectivity index (χ0n) is 21.8. The summed E-state index contributed by atoms with van der Waals surface area (Å²) in [5.41, 5.74) is 4.22. The van der Waals surface area contributed by atoms with Crippen LogP contribution in [-0.4, -0.2) is 51.9 Å². The van der Waals surface area contributed by atoms with Crippen molar-refractivity contribution >= 4 is 29.4 Å². The van der Waals surface area contributed by atoms with Gasteiger partial charge in [-0.3, -0.25) is 14.5 Å². The molecule has 37 heavy (non-hydrogen) atoms. The van der Waals surface area contributed by atoms with Crippen molar-refractivity contribution in [2.24, 2.45) is 0 Å². The van der Waals surface area contributed by atoms with E-state index in [1.165, 1.54) is 23.9 Å². The van der Waals surface area contributed by atoms with Gasteiger partial charge in [0.25, 0.3) is 0 Å². The average Bonchev–Trinajstić information content (AvgIpc) is 3.50. The van der Waals surface area contributed by atoms with E-state index in [4.69, 9.17) is 5.10 Å². The zero-order chi connectivity index (χ0) is 26.3. The molecule has 2 aliphatic rings. The lowest BCUT2D eigenvalue weighted by Gasteiger charge is -2.26. The van der Waals surface area contributed by atoms with Crippen LogP contribution in [0.1, 0.15) is 61.2 Å². The maximum absolute atomic E-state index is 13.9. The van der Waals surface area contributed by atoms with Crippen LogP contribution in [0.4, 0.5) is 10.2 Å². The molecule has 2 amide bonds. The van der Waals surface area contributed by atoms with E-state index in [0.717, 1.165) is 54.0 Å². The first-order chi connectivity index (χ1) is 17.6. The largest absolute Gasteiger partial charge is 0.341 e. The lowest BCUT2D eigenvalue weighted by Crippen LogP contribution is -2.43. The van der Waals surface area contributed by atoms with Gasteiger partial charge in [-0.25, -0.2) is 9.07 Å². The number of thioether (sulfide) groups is 1. The van der Waals surface area contributed by atoms with Crippen molar-refractivity contribution < 1.29 is 14.0 Å². The minimum absolute atomic E-state index is 0.0241. The maximum atomic E-state index is 13.9. The Kier molecular flexibility index (Phi) is 6.88. The second-order valence-electron chi connectivity index (χ2n) is 10.8. The van der Waals surface area contributed by atoms with Crippen LogP contribution in [0, 0.1) is 12.7 Å². The number of carbonyl (C=O) groups is 2. The number of nitrogens with zero attached hydrogens (tertiary/aromatic N) is 4. The fourth-order valence-electron chi connectivity index (χ4n) is 5.14. The highest BCUT2D eigenvalue weighted by molar-refractivity contribution is 8.00. The van der Waals surface area contributed by atoms with E-state index < -0.39 is 0 Å². The molecular weight excluding hydrogens is 487 g/mol. The molecule has 0 spiro atoms. The standard InChI is InChI=1S/C29H33FN4O2S/c1-19-9-5-6-10-22(19)34-28-25(27(31-34)29(2,3)4)26(20-11-13-21(30)14-12-20)37-18-24(36)33(28)17-23(35)32-15-7-8-16-32/h5-6,9-14,26H,7-8,15-18H2,1-4H3/t26-/m0/s1. The van der Waals surface area contributed by atoms with Gasteiger partial charge in [0.2, 0.25) is 11.8 Å². The molecule has 1 fully saturated rings. The number of carbonyl (C=O) groups excluding carboxylic acids is 2. The van der Waals surface area contributed by atoms with Crippen LogP contribution in [0.3, 0.4) is 0 Å². The van der Waals surface area contributed by atoms with E-state index in [1.54, 1.807) is 17.0 Å². The van der Waals surface area contributed by atoms with Gasteiger partial charge >= 0.3 is 0 Å². The number of fused-ring (bicyclic) bond motifs is 1. The van der Waals surface area contributed by atoms with Gasteiger partial charge in [-0.2, -0.15) is 5.10 Å². The molecule has 0 bridgehead atoms. The number of anilines is 1. The molecule has 1 saturated heterocycles. The summed E-state index contributed by atoms with van der Waals surface area (Å²) >= 11 is 1.51. The van der Waals surface area contributed by atoms with E-state index >= 15 is 0 Å². The molecule has 3 aromatic rings. The van der Waals surface area contributed by atoms with Gasteiger partial charge in [0, 0.05) is 24.1 Å². The molecule has 3 heterocycles. The second kappa shape index (κ2) is 9.97. The second-order valence-corrected chi connectivity index (χ2v) is 11.9. The monoisotopic (exact) mass is 520 g/mol. The van der Waals surface area contributed by atoms with Crippen molar-refractivity contribution in [1.29, 1.82) is 0 Å². The Bertz CT molecular complexity index is 1320. The van der Waals surface area contributed by atoms with E-state index in [1.807, 2.05) is 40.8 Å². The highest BCUT2D eigenvalue weighted by Gasteiger charge is 2.40. The van der Waals surface area contributed by atoms with Gasteiger partial charge in [0.05, 0.1) is 22.4 Å². The van der Waals surface area contributed by atoms with Crippen molar-refractivity contribution in [1.82, 2.24) is 14.7 Å². The van der Waals surface area contributed by atoms with E-state index in [9.17, 15) is 14.0 Å². The molecule has 6 nitrogen and oxygen atoms in total. The summed E-state index contributed by atoms with van der Waals surface area (Å²) in [6, 6.07) is 14.4. The van der Waals surface area contributed by atoms with Gasteiger partial charge in [-0.1, -0.05) is 51.1 Å². The molecule has 0 radical (unpaired) electrons. The lowest BCUT2D eigenvalue weighted by molar-refractivity contribution is -0.130. The minimum atomic E-state index is -0.338. The molecule has 2 aliphatic heterocycles. The van der Waals surface area contributed by atoms with Gasteiger partial charge in [-0.05, 0) is 49.1 Å². The molecule has 1 atom stereocenters. The number of rotatable bonds is 4. The van der Waals surface area contributed by atoms with Gasteiger partial charge in [0.1, 0.15) is 18.2 Å². The van der Waals surface area contributed by atoms with Crippen molar-refractivity contribution in [3.8, 4) is 5.69 Å². The van der Waals surface area contributed by atoms with Crippen molar-refractivity contribution in [3.05, 3.63) is 76.7 Å². The van der Waals surface area contributed by atoms with Crippen LogP contribution in [0.25, 0.3) is 5.69 Å². The number of halogens is 1. The summed E-state index contributed by atoms with van der Waals surface area (Å²) in [6.07, 6.45) is 1.98. The molecule has 0 unspecified atom stereocenters. The summed E-state index contributed by atoms with van der Waals surface area (Å²) in [7, 11) is 0. The van der Waals surface area contributed by atoms with Crippen LogP contribution in [0.2, 0.25) is 0 Å². The van der Waals surface area contributed by atoms with Crippen LogP contribution in [-0.2, 0) is 15.0 Å². The fraction of sp³-hybridized carbons (Fsp3) is 0.414. The third-order valence-corrected chi connectivity index (χ3v) is 8.32. The maximum Gasteiger partial charge on any atom is 0.242 e. The number of hydrogen-bond acceptors (Lipinski definition) is 4. The van der Waals surface area contributed by atoms with Crippen LogP contribution in [0.5, 0.6) is 0 Å². The molecule has 0 saturated carbocycles. The number of para-hydroxylation sites is 1. The van der Waals surface area contributed by atoms with Gasteiger partial charge in [0.15, 0.2) is 0 Å². The fourth-order valence-corrected chi connectivity index (χ4v) is 6.34. The van der Waals surface area contributed by atoms with Crippen LogP contribution < -0.4 is 4.90 Å². The predicted molar refractivity (Wildman–Crippen MR) is 146 cm³/mol. The van der Waals surface area contributed by atoms with Crippen LogP contribution >= 0.6 is 11.8 Å². The third-order valence-electron chi connectivity index (χ3n) is 7.07. The number of amides is 2. The Morgan fingerprint density at radius 3 is 2.41 bits per heavy atom. The molecule has 0 aliphatic carbocycles. The Morgan fingerprint density at radius 1 is 1.08 bits per heavy atom. The topological polar surface area (TPSA) is 58.4 Å². The minimum Gasteiger partial charge on any atom is -0.341 e. The number of benzene rings is 2. The number of aryl methyl sites for hydroxylation is 1. The molecule has 194 valence electrons. The van der Waals surface area contributed by atoms with E-state index in [-0.39, 0.29) is 40.6 Å². The first-order valence-corrected chi connectivity index (χ1v) is 13.8. The molecule has 2 aromatic carbocycles. The van der Waals surface area contributed by atoms with E-state index in [0.29, 0.717) is 5.82 Å². The Hall–Kier alpha value is -3.13. The molecule has 1 aromatic heterocycles. The molecular formula is C29H33FN4O2S. The first kappa shape index (κ1) is 25.5. The van der Waals surface area contributed by atoms with Crippen LogP contribution in [0.15, 0.2) is 48.5 Å². The molecule has 0 N–H and O–H groups in total. The third kappa shape index (κ3) is 4.91. The van der Waals surface area contributed by atoms with Gasteiger partial charge < -0.3 is 4.90 Å². The number of hydrogen-bond donors (Lipinski definition) is 0. The summed E-state index contributed by atoms with van der Waals surface area (Å²) in [6.45, 7) is 9.77. The summed E-state index contributed by atoms with van der Waals surface area (Å²) in [5.74, 6) is 0.371. The van der Waals surface area contributed by atoms with Crippen molar-refractivity contribution in [2.75, 3.05) is 30.3 Å². The highest BCUT2D eigenvalue weighted by Crippen LogP contribution is 2.48. The zero-order valence-corrected chi connectivity index (χ0v) is 22.6. The van der Waals surface area contributed by atoms with Gasteiger partial charge in [-0.15, -0.1) is 11.8 Å². The number of aromatic nitrogens is 2. The van der Waals surface area contributed by atoms with E-state index in [2.05, 4.69) is 20.8 Å². The summed E-state index contributed by atoms with van der Waals surface area (Å²) in [5, 5.41) is 4.89. The van der Waals surface area contributed by atoms with Crippen molar-refractivity contribution in [2.45, 2.75) is 51.2 Å². The summed E-state index contributed by atoms with van der Waals surface area (Å²) in [4.78, 5) is 30.6. The Labute approximate surface area is 221 Å². The normalized spacial score (nSPS) is 18.2. The van der Waals surface area contributed by atoms with Crippen molar-refractivity contribution in [3.63, 3.8) is 0 Å². The number of likely N-dealkylation sites (tertiary alicyclic amines) is 1. The highest BCUT2D eigenvalue weighted by atomic mass is 32.2. The average molecular weight is 521 g/mol. The summed E-state index contributed by atoms with van der Waals surface area (Å²) < 4.78 is 15.7. The SMILES string of the molecule is Cc1ccccc1-n1nc(C(C)(C)C)c2c1N(CC(=O)N1CCCC1)C(=O)CS[C@H]2c1ccc(F)cc1. The molecule has 5 rings (SSSR count).